The number of rotatable bonds is 6. The summed E-state index contributed by atoms with van der Waals surface area (Å²) in [5, 5.41) is 2.69. The van der Waals surface area contributed by atoms with E-state index in [2.05, 4.69) is 62.2 Å². The van der Waals surface area contributed by atoms with Crippen molar-refractivity contribution in [3.05, 3.63) is 23.8 Å². The second kappa shape index (κ2) is 7.87. The number of nitrogens with one attached hydrogen (secondary N) is 1. The Morgan fingerprint density at radius 3 is 1.92 bits per heavy atom. The summed E-state index contributed by atoms with van der Waals surface area (Å²) in [6, 6.07) is 6.39. The topological polar surface area (TPSA) is 72.2 Å². The summed E-state index contributed by atoms with van der Waals surface area (Å²) in [6.45, 7) is 13.9. The molecule has 3 N–H and O–H groups in total. The standard InChI is InChI=1S/C19H36N2O2SSi2/c1-25(2,3)16-11-15(12-17(13-16)26(4,5)6)14-24(22,23)21-19-10-8-7-9-18(19)20/h11-13,18-19,21H,7-10,14,20H2,1-6H3. The monoisotopic (exact) mass is 412 g/mol. The SMILES string of the molecule is C[Si](C)(C)c1cc(CS(=O)(=O)NC2CCCCC2N)cc([Si](C)(C)C)c1. The van der Waals surface area contributed by atoms with Crippen molar-refractivity contribution in [2.24, 2.45) is 5.73 Å². The van der Waals surface area contributed by atoms with Crippen LogP contribution in [0.5, 0.6) is 0 Å². The molecule has 0 aliphatic heterocycles. The Morgan fingerprint density at radius 1 is 0.962 bits per heavy atom. The van der Waals surface area contributed by atoms with Crippen LogP contribution in [0.15, 0.2) is 18.2 Å². The third kappa shape index (κ3) is 6.02. The largest absolute Gasteiger partial charge is 0.326 e. The van der Waals surface area contributed by atoms with Crippen molar-refractivity contribution < 1.29 is 8.42 Å². The second-order valence-corrected chi connectivity index (χ2v) is 21.8. The molecular formula is C19H36N2O2SSi2. The summed E-state index contributed by atoms with van der Waals surface area (Å²) in [6.07, 6.45) is 3.89. The first-order valence-electron chi connectivity index (χ1n) is 9.68. The van der Waals surface area contributed by atoms with Gasteiger partial charge in [-0.25, -0.2) is 13.1 Å². The normalized spacial score (nSPS) is 22.4. The van der Waals surface area contributed by atoms with Crippen LogP contribution in [0.25, 0.3) is 0 Å². The molecule has 1 aliphatic carbocycles. The van der Waals surface area contributed by atoms with Crippen molar-refractivity contribution in [2.45, 2.75) is 82.8 Å². The van der Waals surface area contributed by atoms with Crippen molar-refractivity contribution in [3.8, 4) is 0 Å². The van der Waals surface area contributed by atoms with Crippen LogP contribution in [0.2, 0.25) is 39.3 Å². The zero-order valence-electron chi connectivity index (χ0n) is 17.2. The van der Waals surface area contributed by atoms with Crippen molar-refractivity contribution >= 4 is 36.5 Å². The van der Waals surface area contributed by atoms with Crippen molar-refractivity contribution in [1.29, 1.82) is 0 Å². The lowest BCUT2D eigenvalue weighted by Crippen LogP contribution is -2.49. The first-order chi connectivity index (χ1) is 11.8. The maximum Gasteiger partial charge on any atom is 0.216 e. The smallest absolute Gasteiger partial charge is 0.216 e. The molecule has 2 rings (SSSR count). The average molecular weight is 413 g/mol. The molecule has 1 aliphatic rings. The lowest BCUT2D eigenvalue weighted by Gasteiger charge is -2.29. The average Bonchev–Trinajstić information content (AvgIpc) is 2.47. The fraction of sp³-hybridized carbons (Fsp3) is 0.684. The van der Waals surface area contributed by atoms with Gasteiger partial charge in [-0.1, -0.05) is 80.7 Å². The molecule has 0 heterocycles. The van der Waals surface area contributed by atoms with Gasteiger partial charge in [-0.05, 0) is 18.4 Å². The Balaban J connectivity index is 2.29. The van der Waals surface area contributed by atoms with Gasteiger partial charge in [-0.15, -0.1) is 0 Å². The lowest BCUT2D eigenvalue weighted by atomic mass is 9.92. The molecule has 148 valence electrons. The van der Waals surface area contributed by atoms with E-state index in [4.69, 9.17) is 5.73 Å². The Hall–Kier alpha value is -0.476. The fourth-order valence-electron chi connectivity index (χ4n) is 3.44. The molecule has 1 saturated carbocycles. The van der Waals surface area contributed by atoms with Crippen LogP contribution in [0.1, 0.15) is 31.2 Å². The summed E-state index contributed by atoms with van der Waals surface area (Å²) >= 11 is 0. The Kier molecular flexibility index (Phi) is 6.61. The number of nitrogens with two attached hydrogens (primary N) is 1. The number of hydrogen-bond acceptors (Lipinski definition) is 3. The minimum atomic E-state index is -3.39. The molecule has 0 aromatic heterocycles. The highest BCUT2D eigenvalue weighted by Gasteiger charge is 2.28. The van der Waals surface area contributed by atoms with E-state index < -0.39 is 26.2 Å². The highest BCUT2D eigenvalue weighted by molar-refractivity contribution is 7.88. The first kappa shape index (κ1) is 21.8. The molecule has 0 radical (unpaired) electrons. The summed E-state index contributed by atoms with van der Waals surface area (Å²) < 4.78 is 28.5. The summed E-state index contributed by atoms with van der Waals surface area (Å²) in [4.78, 5) is 0. The van der Waals surface area contributed by atoms with E-state index in [0.29, 0.717) is 0 Å². The first-order valence-corrected chi connectivity index (χ1v) is 18.3. The van der Waals surface area contributed by atoms with Gasteiger partial charge in [-0.2, -0.15) is 0 Å². The molecule has 1 aromatic rings. The maximum atomic E-state index is 12.8. The molecule has 0 bridgehead atoms. The Bertz CT molecular complexity index is 705. The number of benzene rings is 1. The molecule has 0 saturated heterocycles. The molecule has 4 nitrogen and oxygen atoms in total. The summed E-state index contributed by atoms with van der Waals surface area (Å²) in [5.41, 5.74) is 7.04. The van der Waals surface area contributed by atoms with Gasteiger partial charge in [0.2, 0.25) is 10.0 Å². The highest BCUT2D eigenvalue weighted by atomic mass is 32.2. The predicted molar refractivity (Wildman–Crippen MR) is 118 cm³/mol. The van der Waals surface area contributed by atoms with Crippen LogP contribution in [0, 0.1) is 0 Å². The molecular weight excluding hydrogens is 376 g/mol. The van der Waals surface area contributed by atoms with Crippen LogP contribution >= 0.6 is 0 Å². The van der Waals surface area contributed by atoms with E-state index in [1.54, 1.807) is 0 Å². The van der Waals surface area contributed by atoms with E-state index in [1.165, 1.54) is 10.4 Å². The van der Waals surface area contributed by atoms with Crippen LogP contribution < -0.4 is 20.8 Å². The molecule has 1 aromatic carbocycles. The predicted octanol–water partition coefficient (Wildman–Crippen LogP) is 2.47. The molecule has 2 unspecified atom stereocenters. The van der Waals surface area contributed by atoms with E-state index in [-0.39, 0.29) is 17.8 Å². The van der Waals surface area contributed by atoms with Gasteiger partial charge in [0.15, 0.2) is 0 Å². The van der Waals surface area contributed by atoms with Gasteiger partial charge < -0.3 is 5.73 Å². The number of sulfonamides is 1. The quantitative estimate of drug-likeness (QED) is 0.705. The van der Waals surface area contributed by atoms with Crippen LogP contribution in [-0.4, -0.2) is 36.6 Å². The van der Waals surface area contributed by atoms with Gasteiger partial charge >= 0.3 is 0 Å². The fourth-order valence-corrected chi connectivity index (χ4v) is 7.44. The van der Waals surface area contributed by atoms with Crippen molar-refractivity contribution in [1.82, 2.24) is 4.72 Å². The van der Waals surface area contributed by atoms with E-state index in [1.807, 2.05) is 0 Å². The van der Waals surface area contributed by atoms with Gasteiger partial charge in [0, 0.05) is 12.1 Å². The molecule has 26 heavy (non-hydrogen) atoms. The number of hydrogen-bond donors (Lipinski definition) is 2. The molecule has 0 amide bonds. The lowest BCUT2D eigenvalue weighted by molar-refractivity contribution is 0.361. The van der Waals surface area contributed by atoms with E-state index >= 15 is 0 Å². The molecule has 1 fully saturated rings. The van der Waals surface area contributed by atoms with Gasteiger partial charge in [0.1, 0.15) is 0 Å². The molecule has 7 heteroatoms. The second-order valence-electron chi connectivity index (χ2n) is 9.85. The minimum Gasteiger partial charge on any atom is -0.326 e. The Morgan fingerprint density at radius 2 is 1.46 bits per heavy atom. The maximum absolute atomic E-state index is 12.8. The zero-order chi connectivity index (χ0) is 19.8. The van der Waals surface area contributed by atoms with E-state index in [0.717, 1.165) is 31.2 Å². The van der Waals surface area contributed by atoms with Crippen LogP contribution in [0.3, 0.4) is 0 Å². The minimum absolute atomic E-state index is 0.0476. The van der Waals surface area contributed by atoms with Crippen LogP contribution in [0.4, 0.5) is 0 Å². The van der Waals surface area contributed by atoms with Gasteiger partial charge in [-0.3, -0.25) is 0 Å². The van der Waals surface area contributed by atoms with Crippen molar-refractivity contribution in [2.75, 3.05) is 0 Å². The van der Waals surface area contributed by atoms with Gasteiger partial charge in [0.25, 0.3) is 0 Å². The van der Waals surface area contributed by atoms with Crippen LogP contribution in [-0.2, 0) is 15.8 Å². The van der Waals surface area contributed by atoms with Crippen molar-refractivity contribution in [3.63, 3.8) is 0 Å². The highest BCUT2D eigenvalue weighted by Crippen LogP contribution is 2.18. The summed E-state index contributed by atoms with van der Waals surface area (Å²) in [5.74, 6) is 0.0476. The third-order valence-electron chi connectivity index (χ3n) is 5.23. The molecule has 0 spiro atoms. The van der Waals surface area contributed by atoms with E-state index in [9.17, 15) is 8.42 Å². The zero-order valence-corrected chi connectivity index (χ0v) is 20.0. The van der Waals surface area contributed by atoms with Gasteiger partial charge in [0.05, 0.1) is 21.9 Å². The molecule has 2 atom stereocenters. The Labute approximate surface area is 162 Å². The summed E-state index contributed by atoms with van der Waals surface area (Å²) in [7, 11) is -6.42. The third-order valence-corrected chi connectivity index (χ3v) is 10.6.